The number of ether oxygens (including phenoxy) is 1. The fourth-order valence-electron chi connectivity index (χ4n) is 1.89. The lowest BCUT2D eigenvalue weighted by Gasteiger charge is -2.36. The Balaban J connectivity index is 3.14. The van der Waals surface area contributed by atoms with E-state index >= 15 is 0 Å². The Morgan fingerprint density at radius 3 is 2.70 bits per heavy atom. The molecule has 0 radical (unpaired) electrons. The topological polar surface area (TPSA) is 131 Å². The molecule has 3 atom stereocenters. The molecule has 0 bridgehead atoms. The van der Waals surface area contributed by atoms with Gasteiger partial charge in [0.2, 0.25) is 6.30 Å². The van der Waals surface area contributed by atoms with Crippen LogP contribution in [0.5, 0.6) is 0 Å². The molecule has 8 nitrogen and oxygen atoms in total. The molecular formula is C11H18FN3O5. The van der Waals surface area contributed by atoms with Crippen LogP contribution < -0.4 is 17.0 Å². The lowest BCUT2D eigenvalue weighted by atomic mass is 9.91. The summed E-state index contributed by atoms with van der Waals surface area (Å²) in [6.07, 6.45) is -3.17. The van der Waals surface area contributed by atoms with Gasteiger partial charge in [0.25, 0.3) is 5.56 Å². The van der Waals surface area contributed by atoms with Gasteiger partial charge < -0.3 is 20.7 Å². The van der Waals surface area contributed by atoms with Crippen molar-refractivity contribution in [3.8, 4) is 0 Å². The predicted octanol–water partition coefficient (Wildman–Crippen LogP) is -1.91. The highest BCUT2D eigenvalue weighted by molar-refractivity contribution is 4.94. The maximum absolute atomic E-state index is 14.3. The zero-order valence-electron chi connectivity index (χ0n) is 11.0. The van der Waals surface area contributed by atoms with E-state index in [1.54, 1.807) is 0 Å². The molecule has 0 aliphatic heterocycles. The lowest BCUT2D eigenvalue weighted by Crippen LogP contribution is -2.54. The van der Waals surface area contributed by atoms with Crippen molar-refractivity contribution in [3.63, 3.8) is 0 Å². The third-order valence-corrected chi connectivity index (χ3v) is 3.20. The second kappa shape index (κ2) is 6.75. The van der Waals surface area contributed by atoms with E-state index in [-0.39, 0.29) is 19.6 Å². The fraction of sp³-hybridized carbons (Fsp3) is 0.636. The molecule has 0 saturated carbocycles. The Bertz CT molecular complexity index is 539. The highest BCUT2D eigenvalue weighted by atomic mass is 19.1. The summed E-state index contributed by atoms with van der Waals surface area (Å²) in [7, 11) is 1.22. The smallest absolute Gasteiger partial charge is 0.330 e. The van der Waals surface area contributed by atoms with E-state index in [1.165, 1.54) is 7.11 Å². The minimum atomic E-state index is -2.19. The minimum absolute atomic E-state index is 0.111. The molecule has 0 amide bonds. The van der Waals surface area contributed by atoms with Crippen LogP contribution in [0.3, 0.4) is 0 Å². The Hall–Kier alpha value is -1.55. The summed E-state index contributed by atoms with van der Waals surface area (Å²) in [6, 6.07) is 0.948. The number of H-pyrrole nitrogens is 1. The largest absolute Gasteiger partial charge is 0.396 e. The van der Waals surface area contributed by atoms with Crippen molar-refractivity contribution in [1.82, 2.24) is 9.55 Å². The second-order valence-corrected chi connectivity index (χ2v) is 4.28. The molecule has 0 aliphatic carbocycles. The van der Waals surface area contributed by atoms with Gasteiger partial charge in [-0.25, -0.2) is 9.18 Å². The van der Waals surface area contributed by atoms with E-state index in [4.69, 9.17) is 15.6 Å². The number of nitrogens with two attached hydrogens (primary N) is 1. The highest BCUT2D eigenvalue weighted by Gasteiger charge is 2.42. The summed E-state index contributed by atoms with van der Waals surface area (Å²) in [6.45, 7) is -0.640. The molecule has 5 N–H and O–H groups in total. The molecule has 1 aromatic rings. The normalized spacial score (nSPS) is 17.4. The Kier molecular flexibility index (Phi) is 5.57. The summed E-state index contributed by atoms with van der Waals surface area (Å²) in [5.74, 6) is 0. The van der Waals surface area contributed by atoms with E-state index in [0.29, 0.717) is 4.57 Å². The van der Waals surface area contributed by atoms with E-state index < -0.39 is 29.2 Å². The first-order valence-electron chi connectivity index (χ1n) is 5.91. The Morgan fingerprint density at radius 2 is 2.25 bits per heavy atom. The molecule has 0 saturated heterocycles. The molecule has 0 unspecified atom stereocenters. The molecular weight excluding hydrogens is 273 g/mol. The van der Waals surface area contributed by atoms with Gasteiger partial charge in [0.15, 0.2) is 0 Å². The Labute approximate surface area is 113 Å². The number of rotatable bonds is 7. The summed E-state index contributed by atoms with van der Waals surface area (Å²) < 4.78 is 19.8. The third-order valence-electron chi connectivity index (χ3n) is 3.20. The highest BCUT2D eigenvalue weighted by Crippen LogP contribution is 2.27. The summed E-state index contributed by atoms with van der Waals surface area (Å²) in [5.41, 5.74) is 2.25. The second-order valence-electron chi connectivity index (χ2n) is 4.28. The first-order chi connectivity index (χ1) is 9.41. The third kappa shape index (κ3) is 3.12. The van der Waals surface area contributed by atoms with Crippen molar-refractivity contribution in [1.29, 1.82) is 0 Å². The quantitative estimate of drug-likeness (QED) is 0.464. The zero-order valence-corrected chi connectivity index (χ0v) is 11.0. The molecule has 0 aromatic carbocycles. The number of aromatic amines is 1. The number of halogens is 1. The van der Waals surface area contributed by atoms with Gasteiger partial charge in [0.05, 0.1) is 0 Å². The van der Waals surface area contributed by atoms with Gasteiger partial charge in [-0.05, 0) is 0 Å². The van der Waals surface area contributed by atoms with E-state index in [1.807, 2.05) is 4.98 Å². The van der Waals surface area contributed by atoms with Crippen molar-refractivity contribution in [3.05, 3.63) is 33.1 Å². The number of nitrogens with zero attached hydrogens (tertiary/aromatic N) is 1. The molecule has 0 fully saturated rings. The van der Waals surface area contributed by atoms with Crippen molar-refractivity contribution < 1.29 is 19.3 Å². The first kappa shape index (κ1) is 16.5. The predicted molar refractivity (Wildman–Crippen MR) is 68.0 cm³/mol. The molecule has 1 rings (SSSR count). The van der Waals surface area contributed by atoms with Gasteiger partial charge >= 0.3 is 5.69 Å². The van der Waals surface area contributed by atoms with Gasteiger partial charge in [-0.15, -0.1) is 0 Å². The van der Waals surface area contributed by atoms with E-state index in [2.05, 4.69) is 0 Å². The molecule has 0 aliphatic rings. The summed E-state index contributed by atoms with van der Waals surface area (Å²) in [4.78, 5) is 24.3. The molecule has 0 spiro atoms. The van der Waals surface area contributed by atoms with Gasteiger partial charge in [-0.2, -0.15) is 0 Å². The molecule has 114 valence electrons. The van der Waals surface area contributed by atoms with Crippen molar-refractivity contribution in [2.24, 2.45) is 5.73 Å². The van der Waals surface area contributed by atoms with Crippen LogP contribution in [0.25, 0.3) is 0 Å². The van der Waals surface area contributed by atoms with Crippen LogP contribution in [0.15, 0.2) is 21.9 Å². The lowest BCUT2D eigenvalue weighted by molar-refractivity contribution is -0.147. The van der Waals surface area contributed by atoms with Crippen LogP contribution in [-0.4, -0.2) is 51.7 Å². The van der Waals surface area contributed by atoms with Gasteiger partial charge in [0.1, 0.15) is 11.7 Å². The number of hydrogen-bond acceptors (Lipinski definition) is 6. The maximum Gasteiger partial charge on any atom is 0.330 e. The van der Waals surface area contributed by atoms with E-state index in [9.17, 15) is 19.1 Å². The Morgan fingerprint density at radius 1 is 1.60 bits per heavy atom. The number of aliphatic hydroxyl groups excluding tert-OH is 2. The SMILES string of the molecule is CO[C@](CN)(CCO)[C@@H](O)[C@@H](F)n1ccc(=O)[nH]c1=O. The zero-order chi connectivity index (χ0) is 15.3. The standard InChI is InChI=1S/C11H18FN3O5/c1-20-11(6-13,3-5-16)8(18)9(12)15-4-2-7(17)14-10(15)19/h2,4,8-9,16,18H,3,5-6,13H2,1H3,(H,14,17,19)/t8-,9-,11-/m0/s1. The maximum atomic E-state index is 14.3. The van der Waals surface area contributed by atoms with Crippen LogP contribution in [0.4, 0.5) is 4.39 Å². The number of nitrogens with one attached hydrogen (secondary N) is 1. The summed E-state index contributed by atoms with van der Waals surface area (Å²) in [5, 5.41) is 19.0. The van der Waals surface area contributed by atoms with Gasteiger partial charge in [-0.3, -0.25) is 14.3 Å². The monoisotopic (exact) mass is 291 g/mol. The molecule has 1 heterocycles. The average Bonchev–Trinajstić information content (AvgIpc) is 2.43. The van der Waals surface area contributed by atoms with Crippen LogP contribution in [-0.2, 0) is 4.74 Å². The van der Waals surface area contributed by atoms with Crippen molar-refractivity contribution in [2.45, 2.75) is 24.4 Å². The van der Waals surface area contributed by atoms with Crippen molar-refractivity contribution >= 4 is 0 Å². The molecule has 1 aromatic heterocycles. The van der Waals surface area contributed by atoms with Crippen LogP contribution in [0.2, 0.25) is 0 Å². The fourth-order valence-corrected chi connectivity index (χ4v) is 1.89. The molecule has 20 heavy (non-hydrogen) atoms. The summed E-state index contributed by atoms with van der Waals surface area (Å²) >= 11 is 0. The number of aliphatic hydroxyl groups is 2. The molecule has 9 heteroatoms. The van der Waals surface area contributed by atoms with Gasteiger partial charge in [-0.1, -0.05) is 0 Å². The van der Waals surface area contributed by atoms with E-state index in [0.717, 1.165) is 12.3 Å². The number of alkyl halides is 1. The van der Waals surface area contributed by atoms with Crippen LogP contribution in [0.1, 0.15) is 12.7 Å². The first-order valence-corrected chi connectivity index (χ1v) is 5.91. The number of methoxy groups -OCH3 is 1. The van der Waals surface area contributed by atoms with Crippen LogP contribution >= 0.6 is 0 Å². The van der Waals surface area contributed by atoms with Crippen LogP contribution in [0, 0.1) is 0 Å². The number of hydrogen-bond donors (Lipinski definition) is 4. The number of aromatic nitrogens is 2. The minimum Gasteiger partial charge on any atom is -0.396 e. The average molecular weight is 291 g/mol. The van der Waals surface area contributed by atoms with Gasteiger partial charge in [0, 0.05) is 38.9 Å². The van der Waals surface area contributed by atoms with Crippen molar-refractivity contribution in [2.75, 3.05) is 20.3 Å².